The number of hydrogen-bond donors (Lipinski definition) is 2. The van der Waals surface area contributed by atoms with E-state index >= 15 is 0 Å². The molecule has 1 aromatic carbocycles. The first-order valence-electron chi connectivity index (χ1n) is 8.22. The molecule has 6 nitrogen and oxygen atoms in total. The molecular weight excluding hydrogens is 360 g/mol. The molecular formula is C17H27ClN4O2S. The van der Waals surface area contributed by atoms with Gasteiger partial charge in [0.1, 0.15) is 0 Å². The molecule has 1 saturated heterocycles. The number of hydrogen-bond acceptors (Lipinski definition) is 5. The van der Waals surface area contributed by atoms with Crippen molar-refractivity contribution in [1.29, 1.82) is 0 Å². The van der Waals surface area contributed by atoms with Crippen LogP contribution in [-0.4, -0.2) is 67.5 Å². The second kappa shape index (κ2) is 11.2. The van der Waals surface area contributed by atoms with E-state index in [2.05, 4.69) is 22.3 Å². The van der Waals surface area contributed by atoms with Crippen molar-refractivity contribution in [2.45, 2.75) is 12.5 Å². The Morgan fingerprint density at radius 1 is 1.20 bits per heavy atom. The van der Waals surface area contributed by atoms with Crippen LogP contribution < -0.4 is 16.0 Å². The van der Waals surface area contributed by atoms with Crippen molar-refractivity contribution in [1.82, 2.24) is 10.2 Å². The van der Waals surface area contributed by atoms with Gasteiger partial charge in [0.05, 0.1) is 12.6 Å². The summed E-state index contributed by atoms with van der Waals surface area (Å²) in [4.78, 5) is 28.1. The Morgan fingerprint density at radius 2 is 1.84 bits per heavy atom. The summed E-state index contributed by atoms with van der Waals surface area (Å²) in [6, 6.07) is 9.64. The number of nitrogens with two attached hydrogens (primary N) is 1. The Hall–Kier alpha value is -1.44. The average Bonchev–Trinajstić information content (AvgIpc) is 2.64. The maximum Gasteiger partial charge on any atom is 0.242 e. The predicted molar refractivity (Wildman–Crippen MR) is 106 cm³/mol. The standard InChI is InChI=1S/C17H26N4O2S.ClH/c1-24-12-7-15(18)17(23)19-13-16(22)21-10-8-20(9-11-21)14-5-3-2-4-6-14;/h2-6,15H,7-13,18H2,1H3,(H,19,23);1H/t15-;/m0./s1. The molecule has 25 heavy (non-hydrogen) atoms. The molecule has 0 aliphatic carbocycles. The lowest BCUT2D eigenvalue weighted by atomic mass is 10.2. The summed E-state index contributed by atoms with van der Waals surface area (Å²) in [5, 5.41) is 2.65. The number of piperazine rings is 1. The van der Waals surface area contributed by atoms with Gasteiger partial charge in [-0.1, -0.05) is 18.2 Å². The second-order valence-corrected chi connectivity index (χ2v) is 6.79. The first-order valence-corrected chi connectivity index (χ1v) is 9.61. The number of para-hydroxylation sites is 1. The maximum atomic E-state index is 12.2. The molecule has 3 N–H and O–H groups in total. The zero-order chi connectivity index (χ0) is 17.4. The van der Waals surface area contributed by atoms with Crippen LogP contribution in [0.1, 0.15) is 6.42 Å². The molecule has 0 aromatic heterocycles. The molecule has 2 rings (SSSR count). The van der Waals surface area contributed by atoms with Crippen LogP contribution in [-0.2, 0) is 9.59 Å². The van der Waals surface area contributed by atoms with Crippen molar-refractivity contribution >= 4 is 41.7 Å². The Balaban J connectivity index is 0.00000312. The molecule has 1 atom stereocenters. The van der Waals surface area contributed by atoms with Crippen LogP contribution in [0.25, 0.3) is 0 Å². The van der Waals surface area contributed by atoms with Crippen molar-refractivity contribution in [3.63, 3.8) is 0 Å². The van der Waals surface area contributed by atoms with E-state index in [1.165, 1.54) is 5.69 Å². The van der Waals surface area contributed by atoms with E-state index in [1.807, 2.05) is 24.5 Å². The highest BCUT2D eigenvalue weighted by Gasteiger charge is 2.22. The largest absolute Gasteiger partial charge is 0.368 e. The zero-order valence-corrected chi connectivity index (χ0v) is 16.2. The third kappa shape index (κ3) is 6.76. The van der Waals surface area contributed by atoms with Crippen LogP contribution in [0.3, 0.4) is 0 Å². The number of carbonyl (C=O) groups is 2. The normalized spacial score (nSPS) is 15.3. The number of thioether (sulfide) groups is 1. The van der Waals surface area contributed by atoms with Crippen LogP contribution in [0.4, 0.5) is 5.69 Å². The summed E-state index contributed by atoms with van der Waals surface area (Å²) in [6.45, 7) is 2.97. The van der Waals surface area contributed by atoms with E-state index in [9.17, 15) is 9.59 Å². The Morgan fingerprint density at radius 3 is 2.44 bits per heavy atom. The fraction of sp³-hybridized carbons (Fsp3) is 0.529. The summed E-state index contributed by atoms with van der Waals surface area (Å²) in [5.41, 5.74) is 6.97. The number of anilines is 1. The lowest BCUT2D eigenvalue weighted by molar-refractivity contribution is -0.133. The molecule has 1 fully saturated rings. The molecule has 0 bridgehead atoms. The number of nitrogens with zero attached hydrogens (tertiary/aromatic N) is 2. The molecule has 140 valence electrons. The molecule has 1 aliphatic heterocycles. The number of amides is 2. The lowest BCUT2D eigenvalue weighted by Gasteiger charge is -2.36. The molecule has 0 unspecified atom stereocenters. The molecule has 0 radical (unpaired) electrons. The van der Waals surface area contributed by atoms with E-state index in [1.54, 1.807) is 16.7 Å². The zero-order valence-electron chi connectivity index (χ0n) is 14.5. The van der Waals surface area contributed by atoms with Crippen LogP contribution in [0.2, 0.25) is 0 Å². The van der Waals surface area contributed by atoms with E-state index in [0.717, 1.165) is 18.8 Å². The van der Waals surface area contributed by atoms with Crippen LogP contribution in [0.5, 0.6) is 0 Å². The minimum Gasteiger partial charge on any atom is -0.368 e. The Kier molecular flexibility index (Phi) is 9.70. The van der Waals surface area contributed by atoms with Crippen molar-refractivity contribution in [2.75, 3.05) is 49.6 Å². The van der Waals surface area contributed by atoms with Gasteiger partial charge in [0.25, 0.3) is 0 Å². The first kappa shape index (κ1) is 21.6. The first-order chi connectivity index (χ1) is 11.6. The summed E-state index contributed by atoms with van der Waals surface area (Å²) >= 11 is 1.65. The maximum absolute atomic E-state index is 12.2. The van der Waals surface area contributed by atoms with Crippen LogP contribution in [0, 0.1) is 0 Å². The minimum atomic E-state index is -0.542. The monoisotopic (exact) mass is 386 g/mol. The van der Waals surface area contributed by atoms with Gasteiger partial charge in [-0.15, -0.1) is 12.4 Å². The van der Waals surface area contributed by atoms with Crippen molar-refractivity contribution in [3.8, 4) is 0 Å². The topological polar surface area (TPSA) is 78.7 Å². The quantitative estimate of drug-likeness (QED) is 0.729. The molecule has 1 heterocycles. The van der Waals surface area contributed by atoms with Crippen LogP contribution >= 0.6 is 24.2 Å². The van der Waals surface area contributed by atoms with Gasteiger partial charge in [-0.05, 0) is 30.6 Å². The second-order valence-electron chi connectivity index (χ2n) is 5.81. The number of halogens is 1. The SMILES string of the molecule is CSCC[C@H](N)C(=O)NCC(=O)N1CCN(c2ccccc2)CC1.Cl. The molecule has 1 aliphatic rings. The van der Waals surface area contributed by atoms with Gasteiger partial charge < -0.3 is 20.9 Å². The smallest absolute Gasteiger partial charge is 0.242 e. The van der Waals surface area contributed by atoms with E-state index in [-0.39, 0.29) is 30.8 Å². The Bertz CT molecular complexity index is 539. The van der Waals surface area contributed by atoms with Gasteiger partial charge in [-0.3, -0.25) is 9.59 Å². The molecule has 2 amide bonds. The number of nitrogens with one attached hydrogen (secondary N) is 1. The van der Waals surface area contributed by atoms with Gasteiger partial charge in [0.2, 0.25) is 11.8 Å². The summed E-state index contributed by atoms with van der Waals surface area (Å²) in [6.07, 6.45) is 2.60. The van der Waals surface area contributed by atoms with E-state index in [0.29, 0.717) is 19.5 Å². The third-order valence-electron chi connectivity index (χ3n) is 4.14. The summed E-state index contributed by atoms with van der Waals surface area (Å²) in [7, 11) is 0. The van der Waals surface area contributed by atoms with Crippen molar-refractivity contribution in [2.24, 2.45) is 5.73 Å². The van der Waals surface area contributed by atoms with E-state index < -0.39 is 6.04 Å². The fourth-order valence-electron chi connectivity index (χ4n) is 2.63. The third-order valence-corrected chi connectivity index (χ3v) is 4.78. The van der Waals surface area contributed by atoms with Crippen molar-refractivity contribution in [3.05, 3.63) is 30.3 Å². The highest BCUT2D eigenvalue weighted by atomic mass is 35.5. The van der Waals surface area contributed by atoms with Gasteiger partial charge >= 0.3 is 0 Å². The van der Waals surface area contributed by atoms with Gasteiger partial charge in [0.15, 0.2) is 0 Å². The fourth-order valence-corrected chi connectivity index (χ4v) is 3.12. The minimum absolute atomic E-state index is 0. The lowest BCUT2D eigenvalue weighted by Crippen LogP contribution is -2.52. The van der Waals surface area contributed by atoms with E-state index in [4.69, 9.17) is 5.73 Å². The van der Waals surface area contributed by atoms with Gasteiger partial charge in [-0.2, -0.15) is 11.8 Å². The van der Waals surface area contributed by atoms with Crippen molar-refractivity contribution < 1.29 is 9.59 Å². The number of carbonyl (C=O) groups excluding carboxylic acids is 2. The number of rotatable bonds is 7. The highest BCUT2D eigenvalue weighted by Crippen LogP contribution is 2.15. The highest BCUT2D eigenvalue weighted by molar-refractivity contribution is 7.98. The predicted octanol–water partition coefficient (Wildman–Crippen LogP) is 0.954. The summed E-state index contributed by atoms with van der Waals surface area (Å²) in [5.74, 6) is 0.540. The average molecular weight is 387 g/mol. The summed E-state index contributed by atoms with van der Waals surface area (Å²) < 4.78 is 0. The van der Waals surface area contributed by atoms with Gasteiger partial charge in [0, 0.05) is 31.9 Å². The molecule has 0 spiro atoms. The Labute approximate surface area is 159 Å². The molecule has 1 aromatic rings. The molecule has 8 heteroatoms. The van der Waals surface area contributed by atoms with Crippen LogP contribution in [0.15, 0.2) is 30.3 Å². The number of benzene rings is 1. The van der Waals surface area contributed by atoms with Gasteiger partial charge in [-0.25, -0.2) is 0 Å². The molecule has 0 saturated carbocycles.